The van der Waals surface area contributed by atoms with E-state index in [1.165, 1.54) is 73.8 Å². The fourth-order valence-corrected chi connectivity index (χ4v) is 19.6. The molecule has 5 spiro atoms. The average Bonchev–Trinajstić information content (AvgIpc) is 1.62. The largest absolute Gasteiger partial charge is 0.497 e. The SMILES string of the molecule is CC(=O)Cc1cccc(C(=O)N2CCC3(CC2)OCc2ccccc23)c1.COc1ccc(C(=O)N2CCC3(CC2)OCc2ccccc23)cc1.Nc1ccc(C(=O)N2CCC3(CC2)OCc2ccccc23)cc1[N+](=O)[O-].Nc1cccc(C(=O)N2CCC3(CC2)OCc2ccccc23)c1.O=C(c1cccc(Br)c1)N1CCC2(CC1)OCc1ccccc12. The molecule has 20 rings (SSSR count). The molecule has 5 fully saturated rings. The van der Waals surface area contributed by atoms with Gasteiger partial charge in [-0.2, -0.15) is 0 Å². The fraction of sp³-hybridized carbons (Fsp3) is 0.333. The predicted octanol–water partition coefficient (Wildman–Crippen LogP) is 16.7. The maximum absolute atomic E-state index is 12.9. The van der Waals surface area contributed by atoms with Crippen LogP contribution in [-0.4, -0.2) is 137 Å². The Morgan fingerprint density at radius 3 is 0.984 bits per heavy atom. The monoisotopic (exact) mass is 1700 g/mol. The van der Waals surface area contributed by atoms with Crippen LogP contribution in [0.3, 0.4) is 0 Å². The number of rotatable bonds is 9. The molecule has 628 valence electrons. The zero-order valence-corrected chi connectivity index (χ0v) is 70.4. The molecule has 0 atom stereocenters. The minimum Gasteiger partial charge on any atom is -0.497 e. The van der Waals surface area contributed by atoms with Crippen molar-refractivity contribution in [2.24, 2.45) is 0 Å². The van der Waals surface area contributed by atoms with Crippen molar-refractivity contribution in [3.8, 4) is 5.75 Å². The third-order valence-electron chi connectivity index (χ3n) is 26.0. The molecule has 5 amide bonds. The highest BCUT2D eigenvalue weighted by Crippen LogP contribution is 2.50. The number of hydrogen-bond acceptors (Lipinski definition) is 16. The topological polar surface area (TPSA) is 269 Å². The molecule has 10 aliphatic rings. The Kier molecular flexibility index (Phi) is 24.9. The molecule has 0 radical (unpaired) electrons. The number of piperidine rings is 5. The number of likely N-dealkylation sites (tertiary alicyclic amines) is 5. The number of nitrogens with two attached hydrogens (primary N) is 2. The summed E-state index contributed by atoms with van der Waals surface area (Å²) in [5.74, 6) is 0.932. The third-order valence-corrected chi connectivity index (χ3v) is 26.5. The van der Waals surface area contributed by atoms with Gasteiger partial charge in [0.15, 0.2) is 0 Å². The molecule has 0 aromatic heterocycles. The van der Waals surface area contributed by atoms with Crippen molar-refractivity contribution in [3.63, 3.8) is 0 Å². The number of ether oxygens (including phenoxy) is 6. The van der Waals surface area contributed by atoms with Crippen molar-refractivity contribution in [3.05, 3.63) is 340 Å². The number of carbonyl (C=O) groups is 6. The molecule has 0 unspecified atom stereocenters. The second kappa shape index (κ2) is 36.2. The third kappa shape index (κ3) is 17.6. The number of hydrogen-bond donors (Lipinski definition) is 2. The number of nitro benzene ring substituents is 1. The van der Waals surface area contributed by atoms with Crippen LogP contribution < -0.4 is 16.2 Å². The molecule has 122 heavy (non-hydrogen) atoms. The maximum atomic E-state index is 12.9. The molecule has 0 bridgehead atoms. The quantitative estimate of drug-likeness (QED) is 0.0772. The molecule has 22 nitrogen and oxygen atoms in total. The average molecular weight is 1710 g/mol. The summed E-state index contributed by atoms with van der Waals surface area (Å²) in [6, 6.07) is 75.6. The van der Waals surface area contributed by atoms with Crippen molar-refractivity contribution >= 4 is 68.3 Å². The molecule has 0 saturated carbocycles. The van der Waals surface area contributed by atoms with Gasteiger partial charge >= 0.3 is 0 Å². The summed E-state index contributed by atoms with van der Waals surface area (Å²) in [5.41, 5.74) is 27.4. The van der Waals surface area contributed by atoms with Gasteiger partial charge in [0.1, 0.15) is 17.2 Å². The van der Waals surface area contributed by atoms with E-state index in [0.29, 0.717) is 114 Å². The minimum absolute atomic E-state index is 0.0385. The molecule has 10 aromatic carbocycles. The van der Waals surface area contributed by atoms with Crippen LogP contribution >= 0.6 is 15.9 Å². The van der Waals surface area contributed by atoms with Crippen LogP contribution in [-0.2, 0) is 95.9 Å². The van der Waals surface area contributed by atoms with Gasteiger partial charge in [0.25, 0.3) is 35.2 Å². The Labute approximate surface area is 719 Å². The Bertz CT molecular complexity index is 5430. The van der Waals surface area contributed by atoms with Crippen molar-refractivity contribution in [1.82, 2.24) is 24.5 Å². The molecule has 0 aliphatic carbocycles. The number of nitrogens with zero attached hydrogens (tertiary/aromatic N) is 6. The Hall–Kier alpha value is -11.7. The van der Waals surface area contributed by atoms with E-state index in [2.05, 4.69) is 119 Å². The lowest BCUT2D eigenvalue weighted by molar-refractivity contribution is -0.383. The number of nitrogen functional groups attached to an aromatic ring is 2. The van der Waals surface area contributed by atoms with E-state index in [1.807, 2.05) is 123 Å². The number of nitro groups is 1. The van der Waals surface area contributed by atoms with Crippen LogP contribution in [0.25, 0.3) is 0 Å². The summed E-state index contributed by atoms with van der Waals surface area (Å²) in [5, 5.41) is 11.0. The predicted molar refractivity (Wildman–Crippen MR) is 467 cm³/mol. The Morgan fingerprint density at radius 2 is 0.664 bits per heavy atom. The lowest BCUT2D eigenvalue weighted by atomic mass is 9.83. The molecule has 5 saturated heterocycles. The van der Waals surface area contributed by atoms with Crippen LogP contribution in [0, 0.1) is 10.1 Å². The molecule has 10 heterocycles. The second-order valence-corrected chi connectivity index (χ2v) is 34.1. The Morgan fingerprint density at radius 1 is 0.369 bits per heavy atom. The van der Waals surface area contributed by atoms with Gasteiger partial charge < -0.3 is 64.4 Å². The van der Waals surface area contributed by atoms with E-state index in [4.69, 9.17) is 39.9 Å². The summed E-state index contributed by atoms with van der Waals surface area (Å²) in [7, 11) is 1.63. The number of halogens is 1. The summed E-state index contributed by atoms with van der Waals surface area (Å²) in [4.78, 5) is 94.8. The molecule has 10 aromatic rings. The highest BCUT2D eigenvalue weighted by Gasteiger charge is 2.49. The number of amides is 5. The maximum Gasteiger partial charge on any atom is 0.292 e. The standard InChI is InChI=1S/C22H23NO3.C20H21NO3.C19H18BrNO2.C19H19N3O4.C19H20N2O2/c1-16(24)13-17-5-4-7-18(14-17)21(25)23-11-9-22(10-12-23)20-8-3-2-6-19(20)15-26-22;1-23-17-8-6-15(7-9-17)19(22)21-12-10-20(11-13-21)18-5-3-2-4-16(18)14-24-20;20-16-6-3-5-14(12-16)18(22)21-10-8-19(9-11-21)17-7-2-1-4-15(17)13-23-19;20-16-6-5-13(11-17(16)22(24)25)18(23)21-9-7-19(8-10-21)15-4-2-1-3-14(15)12-26-19;20-16-6-3-5-14(12-16)18(22)21-10-8-19(9-11-21)17-7-2-1-4-15(17)13-23-19/h2-8,14H,9-13,15H2,1H3;2-9H,10-14H2,1H3;1-7,12H,8-11,13H2;1-6,11H,7-10,12,20H2;1-7,12H,8-11,13,20H2. The summed E-state index contributed by atoms with van der Waals surface area (Å²) in [6.45, 7) is 11.7. The number of fused-ring (bicyclic) bond motifs is 10. The van der Waals surface area contributed by atoms with Crippen LogP contribution in [0.4, 0.5) is 17.1 Å². The first-order valence-electron chi connectivity index (χ1n) is 42.1. The normalized spacial score (nSPS) is 18.4. The molecule has 23 heteroatoms. The highest BCUT2D eigenvalue weighted by molar-refractivity contribution is 9.10. The van der Waals surface area contributed by atoms with E-state index >= 15 is 0 Å². The van der Waals surface area contributed by atoms with Gasteiger partial charge in [-0.3, -0.25) is 38.9 Å². The van der Waals surface area contributed by atoms with E-state index in [-0.39, 0.29) is 80.3 Å². The number of anilines is 2. The van der Waals surface area contributed by atoms with Gasteiger partial charge in [-0.25, -0.2) is 0 Å². The zero-order chi connectivity index (χ0) is 84.8. The molecule has 4 N–H and O–H groups in total. The minimum atomic E-state index is -0.569. The van der Waals surface area contributed by atoms with Crippen molar-refractivity contribution < 1.29 is 62.1 Å². The molecular formula is C99H101BrN8O14. The van der Waals surface area contributed by atoms with Crippen molar-refractivity contribution in [2.75, 3.05) is 84.0 Å². The van der Waals surface area contributed by atoms with E-state index < -0.39 is 4.92 Å². The number of carbonyl (C=O) groups excluding carboxylic acids is 6. The van der Waals surface area contributed by atoms with E-state index in [1.54, 1.807) is 31.1 Å². The molecular weight excluding hydrogens is 1610 g/mol. The van der Waals surface area contributed by atoms with Gasteiger partial charge in [0, 0.05) is 116 Å². The van der Waals surface area contributed by atoms with Gasteiger partial charge in [-0.05, 0) is 217 Å². The first kappa shape index (κ1) is 83.9. The number of benzene rings is 10. The first-order valence-corrected chi connectivity index (χ1v) is 42.9. The summed E-state index contributed by atoms with van der Waals surface area (Å²) >= 11 is 3.43. The first-order chi connectivity index (χ1) is 59.1. The van der Waals surface area contributed by atoms with Gasteiger partial charge in [0.2, 0.25) is 0 Å². The van der Waals surface area contributed by atoms with Crippen LogP contribution in [0.1, 0.15) is 184 Å². The van der Waals surface area contributed by atoms with Gasteiger partial charge in [0.05, 0.1) is 73.1 Å². The highest BCUT2D eigenvalue weighted by atomic mass is 79.9. The summed E-state index contributed by atoms with van der Waals surface area (Å²) in [6.07, 6.45) is 8.57. The van der Waals surface area contributed by atoms with Crippen molar-refractivity contribution in [1.29, 1.82) is 0 Å². The van der Waals surface area contributed by atoms with Gasteiger partial charge in [-0.1, -0.05) is 162 Å². The van der Waals surface area contributed by atoms with Crippen LogP contribution in [0.5, 0.6) is 5.75 Å². The van der Waals surface area contributed by atoms with Gasteiger partial charge in [-0.15, -0.1) is 0 Å². The number of ketones is 1. The number of Topliss-reactive ketones (excluding diaryl/α,β-unsaturated/α-hetero) is 1. The van der Waals surface area contributed by atoms with Crippen LogP contribution in [0.15, 0.2) is 241 Å². The smallest absolute Gasteiger partial charge is 0.292 e. The van der Waals surface area contributed by atoms with Crippen LogP contribution in [0.2, 0.25) is 0 Å². The van der Waals surface area contributed by atoms with Crippen molar-refractivity contribution in [2.45, 2.75) is 139 Å². The summed E-state index contributed by atoms with van der Waals surface area (Å²) < 4.78 is 36.8. The van der Waals surface area contributed by atoms with E-state index in [0.717, 1.165) is 98.9 Å². The lowest BCUT2D eigenvalue weighted by Gasteiger charge is -2.39. The number of methoxy groups -OCH3 is 1. The van der Waals surface area contributed by atoms with E-state index in [9.17, 15) is 38.9 Å². The lowest BCUT2D eigenvalue weighted by Crippen LogP contribution is -2.45. The Balaban J connectivity index is 0.000000113. The molecule has 10 aliphatic heterocycles. The fourth-order valence-electron chi connectivity index (χ4n) is 19.2. The second-order valence-electron chi connectivity index (χ2n) is 33.1. The zero-order valence-electron chi connectivity index (χ0n) is 68.8.